The van der Waals surface area contributed by atoms with Crippen LogP contribution < -0.4 is 10.2 Å². The van der Waals surface area contributed by atoms with Gasteiger partial charge in [-0.25, -0.2) is 0 Å². The minimum Gasteiger partial charge on any atom is -0.463 e. The minimum atomic E-state index is -1.42. The fourth-order valence-electron chi connectivity index (χ4n) is 7.35. The molecule has 2 fully saturated rings. The van der Waals surface area contributed by atoms with Crippen molar-refractivity contribution in [1.29, 1.82) is 0 Å². The highest BCUT2D eigenvalue weighted by Crippen LogP contribution is 2.53. The van der Waals surface area contributed by atoms with Gasteiger partial charge >= 0.3 is 5.97 Å². The number of aliphatic hydroxyl groups excluding tert-OH is 1. The summed E-state index contributed by atoms with van der Waals surface area (Å²) in [5, 5.41) is 12.8. The molecule has 45 heavy (non-hydrogen) atoms. The van der Waals surface area contributed by atoms with Crippen LogP contribution >= 0.6 is 0 Å². The lowest BCUT2D eigenvalue weighted by Crippen LogP contribution is -2.55. The third kappa shape index (κ3) is 5.46. The molecule has 6 atom stereocenters. The molecule has 3 amide bonds. The van der Waals surface area contributed by atoms with Gasteiger partial charge in [0.1, 0.15) is 18.2 Å². The molecular weight excluding hydrogens is 574 g/mol. The average Bonchev–Trinajstić information content (AvgIpc) is 3.41. The summed E-state index contributed by atoms with van der Waals surface area (Å²) >= 11 is 0. The number of fused-ring (bicyclic) bond motifs is 2. The van der Waals surface area contributed by atoms with Gasteiger partial charge in [-0.2, -0.15) is 0 Å². The number of benzene rings is 2. The quantitative estimate of drug-likeness (QED) is 0.393. The number of esters is 1. The van der Waals surface area contributed by atoms with Crippen molar-refractivity contribution >= 4 is 29.4 Å². The summed E-state index contributed by atoms with van der Waals surface area (Å²) in [6.45, 7) is 4.08. The first-order valence-electron chi connectivity index (χ1n) is 15.6. The van der Waals surface area contributed by atoms with Crippen LogP contribution in [-0.4, -0.2) is 77.7 Å². The van der Waals surface area contributed by atoms with Gasteiger partial charge in [-0.3, -0.25) is 19.2 Å². The van der Waals surface area contributed by atoms with Gasteiger partial charge in [-0.15, -0.1) is 0 Å². The Morgan fingerprint density at radius 1 is 0.978 bits per heavy atom. The summed E-state index contributed by atoms with van der Waals surface area (Å²) in [4.78, 5) is 59.1. The monoisotopic (exact) mass is 613 g/mol. The fourth-order valence-corrected chi connectivity index (χ4v) is 7.35. The highest BCUT2D eigenvalue weighted by Gasteiger charge is 2.71. The lowest BCUT2D eigenvalue weighted by molar-refractivity contribution is -0.146. The summed E-state index contributed by atoms with van der Waals surface area (Å²) in [7, 11) is 0. The Hall–Kier alpha value is -4.28. The normalized spacial score (nSPS) is 30.8. The molecule has 6 rings (SSSR count). The van der Waals surface area contributed by atoms with Crippen molar-refractivity contribution in [2.24, 2.45) is 11.8 Å². The molecule has 10 nitrogen and oxygen atoms in total. The zero-order valence-electron chi connectivity index (χ0n) is 25.6. The van der Waals surface area contributed by atoms with Crippen LogP contribution in [-0.2, 0) is 28.7 Å². The molecule has 0 radical (unpaired) electrons. The Morgan fingerprint density at radius 2 is 1.73 bits per heavy atom. The van der Waals surface area contributed by atoms with Gasteiger partial charge in [0.15, 0.2) is 0 Å². The summed E-state index contributed by atoms with van der Waals surface area (Å²) in [6, 6.07) is 13.4. The Morgan fingerprint density at radius 3 is 2.47 bits per heavy atom. The second kappa shape index (κ2) is 12.6. The smallest absolute Gasteiger partial charge is 0.306 e. The molecule has 4 aliphatic heterocycles. The van der Waals surface area contributed by atoms with Crippen LogP contribution in [0.15, 0.2) is 72.8 Å². The third-order valence-corrected chi connectivity index (χ3v) is 9.33. The number of aryl methyl sites for hydroxylation is 2. The molecule has 2 N–H and O–H groups in total. The maximum absolute atomic E-state index is 14.7. The van der Waals surface area contributed by atoms with Crippen LogP contribution in [0.3, 0.4) is 0 Å². The molecule has 1 spiro atoms. The average molecular weight is 614 g/mol. The lowest BCUT2D eigenvalue weighted by atomic mass is 9.77. The Bertz CT molecular complexity index is 1520. The van der Waals surface area contributed by atoms with Crippen molar-refractivity contribution < 1.29 is 33.8 Å². The topological polar surface area (TPSA) is 125 Å². The van der Waals surface area contributed by atoms with Gasteiger partial charge in [0.25, 0.3) is 5.91 Å². The van der Waals surface area contributed by atoms with E-state index < -0.39 is 41.5 Å². The predicted molar refractivity (Wildman–Crippen MR) is 166 cm³/mol. The summed E-state index contributed by atoms with van der Waals surface area (Å²) in [5.41, 5.74) is 1.97. The molecule has 4 aliphatic rings. The highest BCUT2D eigenvalue weighted by molar-refractivity contribution is 6.06. The molecular formula is C35H39N3O7. The van der Waals surface area contributed by atoms with Crippen LogP contribution in [0.5, 0.6) is 0 Å². The van der Waals surface area contributed by atoms with Crippen molar-refractivity contribution in [3.63, 3.8) is 0 Å². The van der Waals surface area contributed by atoms with E-state index in [9.17, 15) is 24.3 Å². The standard InChI is InChI=1S/C35H39N3O7/c1-22-11-8-12-23(2)30(22)37-18-9-17-35-29(33(42)38(19-10-20-39)31(35)34(37)43)28-26(45-35)15-6-7-16-27(40)44-21-25(36-32(28)41)24-13-4-3-5-14-24/h3-6,8-9,11-15,17,25-26,28-29,31,39H,7,10,16,18-21H2,1-2H3,(H,36,41)/b15-6-/t25-,26+,28-,29-,31+,35-/m1/s1. The first kappa shape index (κ1) is 30.7. The van der Waals surface area contributed by atoms with Crippen LogP contribution in [0.1, 0.15) is 42.0 Å². The van der Waals surface area contributed by atoms with Gasteiger partial charge in [-0.05, 0) is 43.4 Å². The molecule has 0 aliphatic carbocycles. The first-order chi connectivity index (χ1) is 21.8. The number of hydrogen-bond donors (Lipinski definition) is 2. The molecule has 4 heterocycles. The highest BCUT2D eigenvalue weighted by atomic mass is 16.5. The van der Waals surface area contributed by atoms with E-state index in [4.69, 9.17) is 9.47 Å². The van der Waals surface area contributed by atoms with Gasteiger partial charge < -0.3 is 29.7 Å². The SMILES string of the molecule is Cc1cccc(C)c1N1CC=C[C@@]23O[C@H]4/C=C\CCC(=O)OC[C@H](c5ccccc5)NC(=O)[C@H]4[C@@H]2C(=O)N(CCCO)[C@H]3C1=O. The molecule has 0 unspecified atom stereocenters. The number of cyclic esters (lactones) is 1. The number of allylic oxidation sites excluding steroid dienone is 1. The molecule has 2 aromatic carbocycles. The number of nitrogens with one attached hydrogen (secondary N) is 1. The van der Waals surface area contributed by atoms with Crippen molar-refractivity contribution in [2.75, 3.05) is 31.2 Å². The second-order valence-corrected chi connectivity index (χ2v) is 12.2. The van der Waals surface area contributed by atoms with Gasteiger partial charge in [0, 0.05) is 31.8 Å². The maximum atomic E-state index is 14.7. The predicted octanol–water partition coefficient (Wildman–Crippen LogP) is 2.92. The minimum absolute atomic E-state index is 0.0608. The first-order valence-corrected chi connectivity index (χ1v) is 15.6. The number of aliphatic hydroxyl groups is 1. The zero-order valence-corrected chi connectivity index (χ0v) is 25.6. The van der Waals surface area contributed by atoms with E-state index >= 15 is 0 Å². The summed E-state index contributed by atoms with van der Waals surface area (Å²) < 4.78 is 12.3. The van der Waals surface area contributed by atoms with E-state index in [1.165, 1.54) is 4.90 Å². The van der Waals surface area contributed by atoms with E-state index in [0.29, 0.717) is 6.42 Å². The number of anilines is 1. The molecule has 236 valence electrons. The molecule has 0 aromatic heterocycles. The molecule has 10 heteroatoms. The van der Waals surface area contributed by atoms with Crippen LogP contribution in [0.25, 0.3) is 0 Å². The fraction of sp³-hybridized carbons (Fsp3) is 0.429. The van der Waals surface area contributed by atoms with E-state index in [2.05, 4.69) is 5.32 Å². The van der Waals surface area contributed by atoms with Crippen molar-refractivity contribution in [2.45, 2.75) is 56.9 Å². The number of amides is 3. The summed E-state index contributed by atoms with van der Waals surface area (Å²) in [6.07, 6.45) is 7.14. The van der Waals surface area contributed by atoms with E-state index in [0.717, 1.165) is 22.4 Å². The van der Waals surface area contributed by atoms with Crippen molar-refractivity contribution in [3.05, 3.63) is 89.5 Å². The van der Waals surface area contributed by atoms with Crippen molar-refractivity contribution in [3.8, 4) is 0 Å². The third-order valence-electron chi connectivity index (χ3n) is 9.33. The van der Waals surface area contributed by atoms with Crippen LogP contribution in [0, 0.1) is 25.7 Å². The van der Waals surface area contributed by atoms with Gasteiger partial charge in [0.2, 0.25) is 11.8 Å². The Balaban J connectivity index is 1.44. The van der Waals surface area contributed by atoms with E-state index in [1.807, 2.05) is 68.5 Å². The number of hydrogen-bond acceptors (Lipinski definition) is 7. The number of carbonyl (C=O) groups is 4. The molecule has 2 aromatic rings. The zero-order chi connectivity index (χ0) is 31.7. The van der Waals surface area contributed by atoms with E-state index in [1.54, 1.807) is 23.1 Å². The molecule has 2 saturated heterocycles. The number of rotatable bonds is 5. The number of para-hydroxylation sites is 1. The van der Waals surface area contributed by atoms with Gasteiger partial charge in [-0.1, -0.05) is 72.8 Å². The Kier molecular flexibility index (Phi) is 8.61. The molecule has 0 bridgehead atoms. The van der Waals surface area contributed by atoms with Crippen molar-refractivity contribution in [1.82, 2.24) is 10.2 Å². The number of likely N-dealkylation sites (tertiary alicyclic amines) is 1. The van der Waals surface area contributed by atoms with E-state index in [-0.39, 0.29) is 56.9 Å². The number of ether oxygens (including phenoxy) is 2. The largest absolute Gasteiger partial charge is 0.463 e. The second-order valence-electron chi connectivity index (χ2n) is 12.2. The number of nitrogens with zero attached hydrogens (tertiary/aromatic N) is 2. The summed E-state index contributed by atoms with van der Waals surface area (Å²) in [5.74, 6) is -3.41. The van der Waals surface area contributed by atoms with Crippen LogP contribution in [0.4, 0.5) is 5.69 Å². The number of carbonyl (C=O) groups excluding carboxylic acids is 4. The Labute approximate surface area is 262 Å². The van der Waals surface area contributed by atoms with Gasteiger partial charge in [0.05, 0.1) is 24.0 Å². The maximum Gasteiger partial charge on any atom is 0.306 e. The van der Waals surface area contributed by atoms with Crippen LogP contribution in [0.2, 0.25) is 0 Å². The molecule has 0 saturated carbocycles. The lowest BCUT2D eigenvalue weighted by Gasteiger charge is -2.36.